The van der Waals surface area contributed by atoms with Crippen LogP contribution in [0.2, 0.25) is 0 Å². The molecule has 3 aliphatic rings. The van der Waals surface area contributed by atoms with Gasteiger partial charge >= 0.3 is 0 Å². The van der Waals surface area contributed by atoms with Crippen molar-refractivity contribution >= 4 is 45.0 Å². The molecule has 2 amide bonds. The number of amides is 2. The SMILES string of the molecule is COc1cc(C(=O)NC2CCN(C)CC2)ccc1Nc1ncc2c(n1)N1CCN(S(=O)(=O)c3ccc(C)cc3)C[C@@H]1C(=O)N2C. The van der Waals surface area contributed by atoms with E-state index >= 15 is 0 Å². The van der Waals surface area contributed by atoms with Crippen LogP contribution in [0.5, 0.6) is 5.75 Å². The highest BCUT2D eigenvalue weighted by atomic mass is 32.2. The number of fused-ring (bicyclic) bond motifs is 3. The van der Waals surface area contributed by atoms with Crippen molar-refractivity contribution in [3.05, 3.63) is 59.8 Å². The van der Waals surface area contributed by atoms with Crippen LogP contribution in [-0.4, -0.2) is 105 Å². The number of carbonyl (C=O) groups is 2. The third-order valence-electron chi connectivity index (χ3n) is 8.76. The lowest BCUT2D eigenvalue weighted by Gasteiger charge is -2.45. The Bertz CT molecular complexity index is 1710. The highest BCUT2D eigenvalue weighted by Gasteiger charge is 2.44. The van der Waals surface area contributed by atoms with Crippen molar-refractivity contribution < 1.29 is 22.7 Å². The summed E-state index contributed by atoms with van der Waals surface area (Å²) in [6.07, 6.45) is 3.39. The molecule has 3 aliphatic heterocycles. The first-order valence-electron chi connectivity index (χ1n) is 15.0. The Morgan fingerprint density at radius 1 is 1.02 bits per heavy atom. The number of rotatable bonds is 7. The van der Waals surface area contributed by atoms with Crippen LogP contribution in [0.15, 0.2) is 53.6 Å². The van der Waals surface area contributed by atoms with E-state index in [2.05, 4.69) is 27.6 Å². The predicted octanol–water partition coefficient (Wildman–Crippen LogP) is 2.22. The molecule has 0 bridgehead atoms. The van der Waals surface area contributed by atoms with Crippen molar-refractivity contribution in [2.75, 3.05) is 69.0 Å². The summed E-state index contributed by atoms with van der Waals surface area (Å²) in [5.74, 6) is 0.868. The minimum atomic E-state index is -3.78. The molecule has 1 aromatic heterocycles. The summed E-state index contributed by atoms with van der Waals surface area (Å²) >= 11 is 0. The van der Waals surface area contributed by atoms with Crippen molar-refractivity contribution in [1.82, 2.24) is 24.5 Å². The van der Waals surface area contributed by atoms with Crippen LogP contribution in [0.25, 0.3) is 0 Å². The van der Waals surface area contributed by atoms with Crippen molar-refractivity contribution in [2.24, 2.45) is 0 Å². The smallest absolute Gasteiger partial charge is 0.251 e. The van der Waals surface area contributed by atoms with Gasteiger partial charge in [-0.25, -0.2) is 13.4 Å². The number of nitrogens with one attached hydrogen (secondary N) is 2. The third kappa shape index (κ3) is 6.04. The van der Waals surface area contributed by atoms with Gasteiger partial charge in [0.05, 0.1) is 23.9 Å². The van der Waals surface area contributed by atoms with Gasteiger partial charge in [-0.1, -0.05) is 17.7 Å². The Balaban J connectivity index is 1.20. The number of sulfonamides is 1. The van der Waals surface area contributed by atoms with Crippen LogP contribution >= 0.6 is 0 Å². The normalized spacial score (nSPS) is 19.6. The molecule has 238 valence electrons. The molecule has 0 unspecified atom stereocenters. The van der Waals surface area contributed by atoms with Crippen molar-refractivity contribution in [3.8, 4) is 5.75 Å². The zero-order valence-electron chi connectivity index (χ0n) is 25.9. The molecule has 2 saturated heterocycles. The fourth-order valence-electron chi connectivity index (χ4n) is 6.00. The molecule has 4 heterocycles. The Labute approximate surface area is 263 Å². The first-order chi connectivity index (χ1) is 21.5. The number of anilines is 4. The number of carbonyl (C=O) groups excluding carboxylic acids is 2. The van der Waals surface area contributed by atoms with Gasteiger partial charge in [-0.15, -0.1) is 0 Å². The number of hydrogen-bond acceptors (Lipinski definition) is 10. The lowest BCUT2D eigenvalue weighted by Crippen LogP contribution is -2.63. The second kappa shape index (κ2) is 12.3. The van der Waals surface area contributed by atoms with E-state index in [9.17, 15) is 18.0 Å². The van der Waals surface area contributed by atoms with Gasteiger partial charge in [-0.2, -0.15) is 9.29 Å². The Morgan fingerprint density at radius 2 is 1.76 bits per heavy atom. The quantitative estimate of drug-likeness (QED) is 0.398. The van der Waals surface area contributed by atoms with Gasteiger partial charge in [-0.05, 0) is 70.2 Å². The maximum Gasteiger partial charge on any atom is 0.251 e. The summed E-state index contributed by atoms with van der Waals surface area (Å²) in [6.45, 7) is 4.28. The highest BCUT2D eigenvalue weighted by molar-refractivity contribution is 7.89. The number of methoxy groups -OCH3 is 1. The molecular weight excluding hydrogens is 596 g/mol. The number of hydrogen-bond donors (Lipinski definition) is 2. The van der Waals surface area contributed by atoms with Gasteiger partial charge in [0.1, 0.15) is 17.5 Å². The molecule has 45 heavy (non-hydrogen) atoms. The summed E-state index contributed by atoms with van der Waals surface area (Å²) in [5, 5.41) is 6.31. The van der Waals surface area contributed by atoms with Crippen molar-refractivity contribution in [1.29, 1.82) is 0 Å². The summed E-state index contributed by atoms with van der Waals surface area (Å²) in [5.41, 5.74) is 2.55. The number of aryl methyl sites for hydroxylation is 1. The van der Waals surface area contributed by atoms with Crippen LogP contribution in [0.4, 0.5) is 23.1 Å². The van der Waals surface area contributed by atoms with E-state index in [1.165, 1.54) is 16.3 Å². The topological polar surface area (TPSA) is 140 Å². The van der Waals surface area contributed by atoms with E-state index < -0.39 is 16.1 Å². The van der Waals surface area contributed by atoms with Gasteiger partial charge in [-0.3, -0.25) is 9.59 Å². The number of aromatic nitrogens is 2. The summed E-state index contributed by atoms with van der Waals surface area (Å²) in [7, 11) is 1.47. The Kier molecular flexibility index (Phi) is 8.37. The molecule has 2 N–H and O–H groups in total. The number of ether oxygens (including phenoxy) is 1. The molecule has 2 fully saturated rings. The molecule has 0 aliphatic carbocycles. The van der Waals surface area contributed by atoms with E-state index in [4.69, 9.17) is 9.72 Å². The fourth-order valence-corrected chi connectivity index (χ4v) is 7.43. The lowest BCUT2D eigenvalue weighted by molar-refractivity contribution is -0.120. The van der Waals surface area contributed by atoms with E-state index in [1.807, 2.05) is 11.8 Å². The molecule has 3 aromatic rings. The fraction of sp³-hybridized carbons (Fsp3) is 0.419. The standard InChI is InChI=1S/C31H38N8O5S/c1-20-5-8-23(9-6-20)45(42,43)38-15-16-39-26(19-38)30(41)37(3)25-18-32-31(35-28(25)39)34-24-10-7-21(17-27(24)44-4)29(40)33-22-11-13-36(2)14-12-22/h5-10,17-18,22,26H,11-16,19H2,1-4H3,(H,33,40)(H,32,34,35)/t26-/m1/s1. The van der Waals surface area contributed by atoms with Crippen molar-refractivity contribution in [3.63, 3.8) is 0 Å². The van der Waals surface area contributed by atoms with E-state index in [0.29, 0.717) is 28.5 Å². The molecule has 0 spiro atoms. The van der Waals surface area contributed by atoms with Gasteiger partial charge < -0.3 is 30.1 Å². The minimum Gasteiger partial charge on any atom is -0.495 e. The minimum absolute atomic E-state index is 0.000491. The molecule has 6 rings (SSSR count). The second-order valence-electron chi connectivity index (χ2n) is 11.8. The van der Waals surface area contributed by atoms with E-state index in [-0.39, 0.29) is 48.3 Å². The van der Waals surface area contributed by atoms with Crippen LogP contribution in [-0.2, 0) is 14.8 Å². The molecule has 14 heteroatoms. The first kappa shape index (κ1) is 30.7. The van der Waals surface area contributed by atoms with Gasteiger partial charge in [0.25, 0.3) is 11.8 Å². The average Bonchev–Trinajstić information content (AvgIpc) is 3.04. The maximum absolute atomic E-state index is 13.4. The molecule has 0 saturated carbocycles. The monoisotopic (exact) mass is 634 g/mol. The molecule has 0 radical (unpaired) electrons. The van der Waals surface area contributed by atoms with Gasteiger partial charge in [0.2, 0.25) is 16.0 Å². The molecule has 13 nitrogen and oxygen atoms in total. The first-order valence-corrected chi connectivity index (χ1v) is 16.4. The summed E-state index contributed by atoms with van der Waals surface area (Å²) < 4.78 is 33.8. The largest absolute Gasteiger partial charge is 0.495 e. The van der Waals surface area contributed by atoms with Gasteiger partial charge in [0, 0.05) is 38.3 Å². The Morgan fingerprint density at radius 3 is 2.47 bits per heavy atom. The lowest BCUT2D eigenvalue weighted by atomic mass is 10.0. The number of piperidine rings is 1. The number of likely N-dealkylation sites (tertiary alicyclic amines) is 1. The molecule has 2 aromatic carbocycles. The number of likely N-dealkylation sites (N-methyl/N-ethyl adjacent to an activating group) is 1. The van der Waals surface area contributed by atoms with Crippen LogP contribution in [0.3, 0.4) is 0 Å². The maximum atomic E-state index is 13.4. The predicted molar refractivity (Wildman–Crippen MR) is 171 cm³/mol. The van der Waals surface area contributed by atoms with Crippen LogP contribution in [0.1, 0.15) is 28.8 Å². The number of nitrogens with zero attached hydrogens (tertiary/aromatic N) is 6. The highest BCUT2D eigenvalue weighted by Crippen LogP contribution is 2.37. The zero-order chi connectivity index (χ0) is 31.9. The summed E-state index contributed by atoms with van der Waals surface area (Å²) in [4.78, 5) is 41.3. The number of piperazine rings is 1. The number of benzene rings is 2. The van der Waals surface area contributed by atoms with Gasteiger partial charge in [0.15, 0.2) is 5.82 Å². The average molecular weight is 635 g/mol. The van der Waals surface area contributed by atoms with Crippen LogP contribution in [0, 0.1) is 6.92 Å². The summed E-state index contributed by atoms with van der Waals surface area (Å²) in [6, 6.07) is 11.3. The zero-order valence-corrected chi connectivity index (χ0v) is 26.7. The van der Waals surface area contributed by atoms with E-state index in [1.54, 1.807) is 55.7 Å². The Hall–Kier alpha value is -4.27. The second-order valence-corrected chi connectivity index (χ2v) is 13.7. The third-order valence-corrected chi connectivity index (χ3v) is 10.6. The van der Waals surface area contributed by atoms with Crippen LogP contribution < -0.4 is 25.2 Å². The molecule has 1 atom stereocenters. The van der Waals surface area contributed by atoms with Crippen molar-refractivity contribution in [2.45, 2.75) is 36.7 Å². The molecular formula is C31H38N8O5S. The van der Waals surface area contributed by atoms with E-state index in [0.717, 1.165) is 31.5 Å².